The Hall–Kier alpha value is -1.68. The number of nitrogens with one attached hydrogen (secondary N) is 1. The van der Waals surface area contributed by atoms with Gasteiger partial charge in [0.1, 0.15) is 0 Å². The first-order chi connectivity index (χ1) is 9.45. The minimum absolute atomic E-state index is 0.107. The van der Waals surface area contributed by atoms with E-state index in [1.165, 1.54) is 11.1 Å². The maximum Gasteiger partial charge on any atom is 0.0798 e. The van der Waals surface area contributed by atoms with Gasteiger partial charge < -0.3 is 5.32 Å². The summed E-state index contributed by atoms with van der Waals surface area (Å²) in [5.74, 6) is 0. The van der Waals surface area contributed by atoms with Crippen LogP contribution in [0.1, 0.15) is 50.6 Å². The molecule has 2 rings (SSSR count). The fourth-order valence-electron chi connectivity index (χ4n) is 2.57. The third-order valence-electron chi connectivity index (χ3n) is 3.53. The van der Waals surface area contributed by atoms with Gasteiger partial charge in [-0.1, -0.05) is 57.2 Å². The second-order valence-electron chi connectivity index (χ2n) is 6.11. The zero-order valence-corrected chi connectivity index (χ0v) is 13.0. The Morgan fingerprint density at radius 3 is 2.50 bits per heavy atom. The van der Waals surface area contributed by atoms with Crippen LogP contribution in [0.3, 0.4) is 0 Å². The van der Waals surface area contributed by atoms with Crippen LogP contribution in [0, 0.1) is 0 Å². The summed E-state index contributed by atoms with van der Waals surface area (Å²) in [6.45, 7) is 9.76. The highest BCUT2D eigenvalue weighted by molar-refractivity contribution is 5.38. The summed E-state index contributed by atoms with van der Waals surface area (Å²) in [6.07, 6.45) is 1.84. The topological polar surface area (TPSA) is 42.7 Å². The highest BCUT2D eigenvalue weighted by Gasteiger charge is 2.24. The van der Waals surface area contributed by atoms with Gasteiger partial charge in [0, 0.05) is 7.05 Å². The van der Waals surface area contributed by atoms with Crippen LogP contribution in [0.25, 0.3) is 0 Å². The van der Waals surface area contributed by atoms with Crippen LogP contribution >= 0.6 is 0 Å². The minimum atomic E-state index is 0.107. The van der Waals surface area contributed by atoms with E-state index in [-0.39, 0.29) is 11.5 Å². The SMILES string of the molecule is CCNC(c1ccccc1C(C)(C)C)c1cnnn1C. The van der Waals surface area contributed by atoms with Crippen LogP contribution in [-0.4, -0.2) is 21.5 Å². The van der Waals surface area contributed by atoms with Crippen LogP contribution in [0.5, 0.6) is 0 Å². The molecule has 0 saturated heterocycles. The van der Waals surface area contributed by atoms with E-state index in [1.54, 1.807) is 0 Å². The molecule has 0 saturated carbocycles. The molecule has 1 aromatic heterocycles. The minimum Gasteiger partial charge on any atom is -0.305 e. The monoisotopic (exact) mass is 272 g/mol. The van der Waals surface area contributed by atoms with Crippen LogP contribution in [-0.2, 0) is 12.5 Å². The molecule has 4 heteroatoms. The Bertz CT molecular complexity index is 566. The van der Waals surface area contributed by atoms with Gasteiger partial charge in [0.25, 0.3) is 0 Å². The van der Waals surface area contributed by atoms with Crippen LogP contribution in [0.2, 0.25) is 0 Å². The van der Waals surface area contributed by atoms with E-state index >= 15 is 0 Å². The van der Waals surface area contributed by atoms with Crippen molar-refractivity contribution < 1.29 is 0 Å². The van der Waals surface area contributed by atoms with Crippen molar-refractivity contribution in [2.45, 2.75) is 39.2 Å². The average molecular weight is 272 g/mol. The van der Waals surface area contributed by atoms with E-state index in [0.29, 0.717) is 0 Å². The summed E-state index contributed by atoms with van der Waals surface area (Å²) in [5.41, 5.74) is 3.85. The highest BCUT2D eigenvalue weighted by Crippen LogP contribution is 2.32. The van der Waals surface area contributed by atoms with Crippen molar-refractivity contribution in [3.63, 3.8) is 0 Å². The van der Waals surface area contributed by atoms with Crippen molar-refractivity contribution in [1.82, 2.24) is 20.3 Å². The zero-order valence-electron chi connectivity index (χ0n) is 13.0. The van der Waals surface area contributed by atoms with Crippen molar-refractivity contribution in [1.29, 1.82) is 0 Å². The van der Waals surface area contributed by atoms with Crippen molar-refractivity contribution in [3.05, 3.63) is 47.3 Å². The Labute approximate surface area is 121 Å². The molecule has 108 valence electrons. The quantitative estimate of drug-likeness (QED) is 0.930. The summed E-state index contributed by atoms with van der Waals surface area (Å²) in [4.78, 5) is 0. The zero-order chi connectivity index (χ0) is 14.8. The lowest BCUT2D eigenvalue weighted by Crippen LogP contribution is -2.27. The lowest BCUT2D eigenvalue weighted by molar-refractivity contribution is 0.535. The molecular weight excluding hydrogens is 248 g/mol. The number of rotatable bonds is 4. The van der Waals surface area contributed by atoms with Crippen molar-refractivity contribution in [3.8, 4) is 0 Å². The molecule has 0 bridgehead atoms. The molecule has 1 N–H and O–H groups in total. The van der Waals surface area contributed by atoms with Gasteiger partial charge in [-0.3, -0.25) is 4.68 Å². The Morgan fingerprint density at radius 2 is 1.95 bits per heavy atom. The number of aryl methyl sites for hydroxylation is 1. The Kier molecular flexibility index (Phi) is 4.23. The van der Waals surface area contributed by atoms with Crippen molar-refractivity contribution in [2.24, 2.45) is 7.05 Å². The Morgan fingerprint density at radius 1 is 1.25 bits per heavy atom. The molecule has 1 aromatic carbocycles. The van der Waals surface area contributed by atoms with Crippen LogP contribution < -0.4 is 5.32 Å². The van der Waals surface area contributed by atoms with E-state index in [0.717, 1.165) is 12.2 Å². The highest BCUT2D eigenvalue weighted by atomic mass is 15.4. The summed E-state index contributed by atoms with van der Waals surface area (Å²) in [5, 5.41) is 11.6. The number of benzene rings is 1. The first-order valence-corrected chi connectivity index (χ1v) is 7.12. The van der Waals surface area contributed by atoms with E-state index in [2.05, 4.69) is 67.6 Å². The molecule has 4 nitrogen and oxygen atoms in total. The summed E-state index contributed by atoms with van der Waals surface area (Å²) in [6, 6.07) is 8.73. The second kappa shape index (κ2) is 5.75. The standard InChI is InChI=1S/C16H24N4/c1-6-17-15(14-11-18-19-20(14)5)12-9-7-8-10-13(12)16(2,3)4/h7-11,15,17H,6H2,1-5H3. The molecule has 0 spiro atoms. The third-order valence-corrected chi connectivity index (χ3v) is 3.53. The van der Waals surface area contributed by atoms with Crippen LogP contribution in [0.4, 0.5) is 0 Å². The average Bonchev–Trinajstić information content (AvgIpc) is 2.81. The number of hydrogen-bond donors (Lipinski definition) is 1. The van der Waals surface area contributed by atoms with Gasteiger partial charge in [0.05, 0.1) is 17.9 Å². The van der Waals surface area contributed by atoms with E-state index in [1.807, 2.05) is 17.9 Å². The molecule has 0 amide bonds. The molecular formula is C16H24N4. The third kappa shape index (κ3) is 2.90. The van der Waals surface area contributed by atoms with E-state index < -0.39 is 0 Å². The molecule has 0 aliphatic rings. The molecule has 2 aromatic rings. The maximum atomic E-state index is 4.06. The van der Waals surface area contributed by atoms with Crippen LogP contribution in [0.15, 0.2) is 30.5 Å². The van der Waals surface area contributed by atoms with Gasteiger partial charge in [-0.15, -0.1) is 5.10 Å². The van der Waals surface area contributed by atoms with Gasteiger partial charge in [-0.05, 0) is 23.1 Å². The molecule has 0 fully saturated rings. The fraction of sp³-hybridized carbons (Fsp3) is 0.500. The predicted octanol–water partition coefficient (Wildman–Crippen LogP) is 2.81. The molecule has 0 aliphatic heterocycles. The first-order valence-electron chi connectivity index (χ1n) is 7.12. The smallest absolute Gasteiger partial charge is 0.0798 e. The van der Waals surface area contributed by atoms with Gasteiger partial charge in [-0.25, -0.2) is 0 Å². The molecule has 20 heavy (non-hydrogen) atoms. The number of nitrogens with zero attached hydrogens (tertiary/aromatic N) is 3. The van der Waals surface area contributed by atoms with Gasteiger partial charge in [0.2, 0.25) is 0 Å². The molecule has 1 heterocycles. The lowest BCUT2D eigenvalue weighted by atomic mass is 9.81. The summed E-state index contributed by atoms with van der Waals surface area (Å²) >= 11 is 0. The normalized spacial score (nSPS) is 13.4. The fourth-order valence-corrected chi connectivity index (χ4v) is 2.57. The van der Waals surface area contributed by atoms with Crippen molar-refractivity contribution >= 4 is 0 Å². The van der Waals surface area contributed by atoms with E-state index in [9.17, 15) is 0 Å². The number of aromatic nitrogens is 3. The van der Waals surface area contributed by atoms with Gasteiger partial charge in [-0.2, -0.15) is 0 Å². The molecule has 1 unspecified atom stereocenters. The van der Waals surface area contributed by atoms with E-state index in [4.69, 9.17) is 0 Å². The lowest BCUT2D eigenvalue weighted by Gasteiger charge is -2.27. The van der Waals surface area contributed by atoms with Crippen molar-refractivity contribution in [2.75, 3.05) is 6.54 Å². The summed E-state index contributed by atoms with van der Waals surface area (Å²) < 4.78 is 1.84. The predicted molar refractivity (Wildman–Crippen MR) is 81.7 cm³/mol. The first kappa shape index (κ1) is 14.7. The Balaban J connectivity index is 2.54. The largest absolute Gasteiger partial charge is 0.305 e. The maximum absolute atomic E-state index is 4.06. The van der Waals surface area contributed by atoms with Gasteiger partial charge >= 0.3 is 0 Å². The van der Waals surface area contributed by atoms with Gasteiger partial charge in [0.15, 0.2) is 0 Å². The number of hydrogen-bond acceptors (Lipinski definition) is 3. The molecule has 0 aliphatic carbocycles. The summed E-state index contributed by atoms with van der Waals surface area (Å²) in [7, 11) is 1.94. The molecule has 1 atom stereocenters. The molecule has 0 radical (unpaired) electrons. The second-order valence-corrected chi connectivity index (χ2v) is 6.11.